The van der Waals surface area contributed by atoms with Crippen molar-refractivity contribution in [2.24, 2.45) is 5.92 Å². The maximum Gasteiger partial charge on any atom is 0.251 e. The molecular weight excluding hydrogens is 269 g/mol. The van der Waals surface area contributed by atoms with Gasteiger partial charge in [0.15, 0.2) is 0 Å². The maximum absolute atomic E-state index is 13.2. The van der Waals surface area contributed by atoms with Crippen LogP contribution in [0.4, 0.5) is 4.39 Å². The summed E-state index contributed by atoms with van der Waals surface area (Å²) >= 11 is 0. The molecule has 2 aromatic rings. The third-order valence-corrected chi connectivity index (χ3v) is 3.10. The van der Waals surface area contributed by atoms with Gasteiger partial charge in [-0.1, -0.05) is 13.8 Å². The van der Waals surface area contributed by atoms with Gasteiger partial charge in [-0.25, -0.2) is 9.37 Å². The summed E-state index contributed by atoms with van der Waals surface area (Å²) in [5.41, 5.74) is 1.95. The highest BCUT2D eigenvalue weighted by molar-refractivity contribution is 5.59. The van der Waals surface area contributed by atoms with Gasteiger partial charge in [-0.3, -0.25) is 4.79 Å². The van der Waals surface area contributed by atoms with Gasteiger partial charge in [0.2, 0.25) is 0 Å². The number of nitrogens with zero attached hydrogens (tertiary/aromatic N) is 1. The van der Waals surface area contributed by atoms with Gasteiger partial charge in [-0.2, -0.15) is 0 Å². The summed E-state index contributed by atoms with van der Waals surface area (Å²) in [6, 6.07) is 5.91. The first-order chi connectivity index (χ1) is 9.95. The number of aromatic nitrogens is 2. The van der Waals surface area contributed by atoms with Crippen molar-refractivity contribution in [3.8, 4) is 11.4 Å². The van der Waals surface area contributed by atoms with Crippen molar-refractivity contribution in [1.82, 2.24) is 15.3 Å². The molecule has 0 radical (unpaired) electrons. The first kappa shape index (κ1) is 15.4. The Hall–Kier alpha value is -2.01. The average Bonchev–Trinajstić information content (AvgIpc) is 2.37. The Morgan fingerprint density at radius 2 is 2.10 bits per heavy atom. The third-order valence-electron chi connectivity index (χ3n) is 3.10. The van der Waals surface area contributed by atoms with Crippen LogP contribution in [0.1, 0.15) is 25.1 Å². The Morgan fingerprint density at radius 1 is 1.33 bits per heavy atom. The Morgan fingerprint density at radius 3 is 2.76 bits per heavy atom. The van der Waals surface area contributed by atoms with Crippen LogP contribution in [0.2, 0.25) is 0 Å². The highest BCUT2D eigenvalue weighted by Crippen LogP contribution is 2.19. The number of hydrogen-bond donors (Lipinski definition) is 2. The Labute approximate surface area is 123 Å². The average molecular weight is 289 g/mol. The first-order valence-electron chi connectivity index (χ1n) is 7.03. The van der Waals surface area contributed by atoms with Crippen LogP contribution < -0.4 is 10.9 Å². The minimum Gasteiger partial charge on any atom is -0.311 e. The molecule has 0 amide bonds. The highest BCUT2D eigenvalue weighted by atomic mass is 19.1. The smallest absolute Gasteiger partial charge is 0.251 e. The van der Waals surface area contributed by atoms with Gasteiger partial charge in [0.25, 0.3) is 5.56 Å². The molecule has 0 saturated carbocycles. The predicted octanol–water partition coefficient (Wildman–Crippen LogP) is 2.63. The van der Waals surface area contributed by atoms with E-state index in [1.807, 2.05) is 0 Å². The largest absolute Gasteiger partial charge is 0.311 e. The van der Waals surface area contributed by atoms with Crippen molar-refractivity contribution < 1.29 is 4.39 Å². The fourth-order valence-corrected chi connectivity index (χ4v) is 2.11. The molecule has 1 aromatic carbocycles. The van der Waals surface area contributed by atoms with Crippen molar-refractivity contribution in [2.75, 3.05) is 6.54 Å². The van der Waals surface area contributed by atoms with Crippen LogP contribution in [-0.2, 0) is 6.54 Å². The fourth-order valence-electron chi connectivity index (χ4n) is 2.11. The molecule has 0 unspecified atom stereocenters. The summed E-state index contributed by atoms with van der Waals surface area (Å²) in [6.45, 7) is 7.42. The lowest BCUT2D eigenvalue weighted by atomic mass is 10.1. The minimum atomic E-state index is -0.298. The van der Waals surface area contributed by atoms with Crippen LogP contribution in [0, 0.1) is 18.7 Å². The van der Waals surface area contributed by atoms with Gasteiger partial charge in [-0.15, -0.1) is 0 Å². The highest BCUT2D eigenvalue weighted by Gasteiger charge is 2.08. The van der Waals surface area contributed by atoms with Gasteiger partial charge >= 0.3 is 0 Å². The molecule has 0 atom stereocenters. The van der Waals surface area contributed by atoms with Crippen LogP contribution in [0.5, 0.6) is 0 Å². The van der Waals surface area contributed by atoms with E-state index in [2.05, 4.69) is 29.1 Å². The summed E-state index contributed by atoms with van der Waals surface area (Å²) in [4.78, 5) is 18.9. The molecule has 0 aliphatic heterocycles. The molecule has 0 fully saturated rings. The summed E-state index contributed by atoms with van der Waals surface area (Å²) in [7, 11) is 0. The molecule has 112 valence electrons. The number of rotatable bonds is 5. The van der Waals surface area contributed by atoms with E-state index in [9.17, 15) is 9.18 Å². The minimum absolute atomic E-state index is 0.204. The molecule has 2 rings (SSSR count). The second-order valence-corrected chi connectivity index (χ2v) is 5.57. The van der Waals surface area contributed by atoms with Crippen molar-refractivity contribution >= 4 is 0 Å². The second kappa shape index (κ2) is 6.63. The zero-order valence-electron chi connectivity index (χ0n) is 12.5. The summed E-state index contributed by atoms with van der Waals surface area (Å²) in [5, 5.41) is 3.26. The van der Waals surface area contributed by atoms with Crippen LogP contribution >= 0.6 is 0 Å². The number of hydrogen-bond acceptors (Lipinski definition) is 3. The maximum atomic E-state index is 13.2. The Kier molecular flexibility index (Phi) is 4.85. The molecule has 0 spiro atoms. The number of benzene rings is 1. The van der Waals surface area contributed by atoms with Crippen LogP contribution in [-0.4, -0.2) is 16.5 Å². The van der Waals surface area contributed by atoms with E-state index in [1.54, 1.807) is 13.0 Å². The van der Waals surface area contributed by atoms with E-state index >= 15 is 0 Å². The van der Waals surface area contributed by atoms with Gasteiger partial charge in [0, 0.05) is 18.2 Å². The summed E-state index contributed by atoms with van der Waals surface area (Å²) < 4.78 is 13.2. The van der Waals surface area contributed by atoms with Crippen molar-refractivity contribution in [3.63, 3.8) is 0 Å². The zero-order valence-corrected chi connectivity index (χ0v) is 12.5. The first-order valence-corrected chi connectivity index (χ1v) is 7.03. The van der Waals surface area contributed by atoms with Crippen molar-refractivity contribution in [1.29, 1.82) is 0 Å². The Bertz CT molecular complexity index is 679. The molecule has 2 N–H and O–H groups in total. The number of nitrogens with one attached hydrogen (secondary N) is 2. The predicted molar refractivity (Wildman–Crippen MR) is 81.5 cm³/mol. The molecule has 0 aliphatic carbocycles. The van der Waals surface area contributed by atoms with Crippen LogP contribution in [0.25, 0.3) is 11.4 Å². The molecule has 0 aliphatic rings. The van der Waals surface area contributed by atoms with Gasteiger partial charge in [-0.05, 0) is 43.1 Å². The van der Waals surface area contributed by atoms with Crippen LogP contribution in [0.15, 0.2) is 29.1 Å². The molecule has 1 heterocycles. The molecule has 0 saturated heterocycles. The molecular formula is C16H20FN3O. The van der Waals surface area contributed by atoms with Gasteiger partial charge < -0.3 is 10.3 Å². The quantitative estimate of drug-likeness (QED) is 0.889. The molecule has 4 nitrogen and oxygen atoms in total. The fraction of sp³-hybridized carbons (Fsp3) is 0.375. The lowest BCUT2D eigenvalue weighted by molar-refractivity contribution is 0.548. The third kappa shape index (κ3) is 4.23. The molecule has 0 bridgehead atoms. The number of aromatic amines is 1. The van der Waals surface area contributed by atoms with Crippen molar-refractivity contribution in [3.05, 3.63) is 51.7 Å². The van der Waals surface area contributed by atoms with Crippen molar-refractivity contribution in [2.45, 2.75) is 27.3 Å². The van der Waals surface area contributed by atoms with Gasteiger partial charge in [0.1, 0.15) is 11.6 Å². The summed E-state index contributed by atoms with van der Waals surface area (Å²) in [6.07, 6.45) is 0. The molecule has 1 aromatic heterocycles. The van der Waals surface area contributed by atoms with E-state index in [0.29, 0.717) is 24.0 Å². The van der Waals surface area contributed by atoms with Gasteiger partial charge in [0.05, 0.1) is 5.69 Å². The lowest BCUT2D eigenvalue weighted by Crippen LogP contribution is -2.21. The van der Waals surface area contributed by atoms with E-state index in [1.165, 1.54) is 18.2 Å². The lowest BCUT2D eigenvalue weighted by Gasteiger charge is -2.09. The zero-order chi connectivity index (χ0) is 15.4. The van der Waals surface area contributed by atoms with E-state index < -0.39 is 0 Å². The number of halogens is 1. The second-order valence-electron chi connectivity index (χ2n) is 5.57. The topological polar surface area (TPSA) is 57.8 Å². The molecule has 5 heteroatoms. The van der Waals surface area contributed by atoms with E-state index in [-0.39, 0.29) is 11.4 Å². The monoisotopic (exact) mass is 289 g/mol. The Balaban J connectivity index is 2.28. The SMILES string of the molecule is Cc1cc(F)ccc1-c1nc(CNCC(C)C)cc(=O)[nH]1. The number of H-pyrrole nitrogens is 1. The van der Waals surface area contributed by atoms with E-state index in [4.69, 9.17) is 0 Å². The van der Waals surface area contributed by atoms with E-state index in [0.717, 1.165) is 17.7 Å². The molecule has 21 heavy (non-hydrogen) atoms. The van der Waals surface area contributed by atoms with Crippen LogP contribution in [0.3, 0.4) is 0 Å². The summed E-state index contributed by atoms with van der Waals surface area (Å²) in [5.74, 6) is 0.709. The standard InChI is InChI=1S/C16H20FN3O/c1-10(2)8-18-9-13-7-15(21)20-16(19-13)14-5-4-12(17)6-11(14)3/h4-7,10,18H,8-9H2,1-3H3,(H,19,20,21). The normalized spacial score (nSPS) is 11.1. The number of aryl methyl sites for hydroxylation is 1.